The highest BCUT2D eigenvalue weighted by Crippen LogP contribution is 2.42. The van der Waals surface area contributed by atoms with Crippen molar-refractivity contribution in [2.75, 3.05) is 0 Å². The van der Waals surface area contributed by atoms with Gasteiger partial charge in [-0.05, 0) is 43.9 Å². The summed E-state index contributed by atoms with van der Waals surface area (Å²) in [7, 11) is 0. The zero-order chi connectivity index (χ0) is 14.0. The van der Waals surface area contributed by atoms with Gasteiger partial charge in [-0.1, -0.05) is 25.4 Å². The maximum absolute atomic E-state index is 12.5. The molecule has 5 heteroatoms. The summed E-state index contributed by atoms with van der Waals surface area (Å²) in [5.41, 5.74) is 4.96. The smallest absolute Gasteiger partial charge is 0.234 e. The Bertz CT molecular complexity index is 377. The minimum Gasteiger partial charge on any atom is -0.409 e. The van der Waals surface area contributed by atoms with Crippen molar-refractivity contribution in [2.45, 2.75) is 58.4 Å². The van der Waals surface area contributed by atoms with Gasteiger partial charge in [0.2, 0.25) is 5.91 Å². The van der Waals surface area contributed by atoms with Gasteiger partial charge in [-0.15, -0.1) is 0 Å². The second-order valence-electron chi connectivity index (χ2n) is 6.40. The zero-order valence-corrected chi connectivity index (χ0v) is 11.9. The Balaban J connectivity index is 2.00. The predicted octanol–water partition coefficient (Wildman–Crippen LogP) is 1.84. The van der Waals surface area contributed by atoms with Gasteiger partial charge in [-0.2, -0.15) is 0 Å². The lowest BCUT2D eigenvalue weighted by molar-refractivity contribution is -0.132. The van der Waals surface area contributed by atoms with Crippen LogP contribution in [0.3, 0.4) is 0 Å². The number of hydrogen-bond acceptors (Lipinski definition) is 3. The molecule has 2 saturated carbocycles. The molecule has 0 heterocycles. The highest BCUT2D eigenvalue weighted by Gasteiger charge is 2.49. The van der Waals surface area contributed by atoms with E-state index in [9.17, 15) is 4.79 Å². The lowest BCUT2D eigenvalue weighted by Crippen LogP contribution is -2.57. The maximum Gasteiger partial charge on any atom is 0.234 e. The maximum atomic E-state index is 12.5. The molecule has 0 saturated heterocycles. The van der Waals surface area contributed by atoms with E-state index < -0.39 is 5.41 Å². The van der Waals surface area contributed by atoms with E-state index >= 15 is 0 Å². The molecule has 0 aromatic carbocycles. The molecule has 0 aromatic heterocycles. The molecule has 0 aliphatic heterocycles. The van der Waals surface area contributed by atoms with Crippen LogP contribution in [-0.4, -0.2) is 23.0 Å². The van der Waals surface area contributed by atoms with Crippen molar-refractivity contribution in [1.29, 1.82) is 0 Å². The summed E-state index contributed by atoms with van der Waals surface area (Å²) in [4.78, 5) is 12.5. The van der Waals surface area contributed by atoms with E-state index in [0.717, 1.165) is 31.6 Å². The van der Waals surface area contributed by atoms with Crippen LogP contribution in [-0.2, 0) is 4.79 Å². The molecular weight excluding hydrogens is 242 g/mol. The number of carbonyl (C=O) groups excluding carboxylic acids is 1. The van der Waals surface area contributed by atoms with Crippen LogP contribution < -0.4 is 11.1 Å². The molecule has 1 amide bonds. The summed E-state index contributed by atoms with van der Waals surface area (Å²) in [5, 5.41) is 15.1. The number of nitrogens with zero attached hydrogens (tertiary/aromatic N) is 1. The summed E-state index contributed by atoms with van der Waals surface area (Å²) in [6.07, 6.45) is 5.67. The molecule has 0 spiro atoms. The van der Waals surface area contributed by atoms with E-state index in [0.29, 0.717) is 18.8 Å². The van der Waals surface area contributed by atoms with E-state index in [-0.39, 0.29) is 17.8 Å². The largest absolute Gasteiger partial charge is 0.409 e. The van der Waals surface area contributed by atoms with Gasteiger partial charge in [0, 0.05) is 6.04 Å². The van der Waals surface area contributed by atoms with E-state index in [2.05, 4.69) is 24.3 Å². The second-order valence-corrected chi connectivity index (χ2v) is 6.40. The van der Waals surface area contributed by atoms with Crippen LogP contribution in [0.15, 0.2) is 5.16 Å². The first-order chi connectivity index (χ1) is 8.99. The van der Waals surface area contributed by atoms with Crippen molar-refractivity contribution in [2.24, 2.45) is 28.1 Å². The minimum absolute atomic E-state index is 0.0551. The standard InChI is InChI=1S/C14H25N3O2/c1-9-4-5-11(10(2)8-9)16-13(18)14(6-3-7-14)12(15)17-19/h9-11,19H,3-8H2,1-2H3,(H2,15,17)(H,16,18). The van der Waals surface area contributed by atoms with Gasteiger partial charge >= 0.3 is 0 Å². The quantitative estimate of drug-likeness (QED) is 0.315. The number of oxime groups is 1. The number of rotatable bonds is 3. The van der Waals surface area contributed by atoms with E-state index in [1.807, 2.05) is 0 Å². The zero-order valence-electron chi connectivity index (χ0n) is 11.9. The molecule has 2 aliphatic carbocycles. The van der Waals surface area contributed by atoms with Gasteiger partial charge in [0.1, 0.15) is 5.41 Å². The van der Waals surface area contributed by atoms with E-state index in [1.54, 1.807) is 0 Å². The van der Waals surface area contributed by atoms with Crippen LogP contribution in [0.5, 0.6) is 0 Å². The molecular formula is C14H25N3O2. The van der Waals surface area contributed by atoms with Crippen LogP contribution in [0.2, 0.25) is 0 Å². The fourth-order valence-corrected chi connectivity index (χ4v) is 3.41. The third-order valence-electron chi connectivity index (χ3n) is 4.99. The van der Waals surface area contributed by atoms with Crippen molar-refractivity contribution >= 4 is 11.7 Å². The monoisotopic (exact) mass is 267 g/mol. The molecule has 4 N–H and O–H groups in total. The van der Waals surface area contributed by atoms with Gasteiger partial charge in [0.05, 0.1) is 0 Å². The van der Waals surface area contributed by atoms with Crippen molar-refractivity contribution in [3.8, 4) is 0 Å². The summed E-state index contributed by atoms with van der Waals surface area (Å²) in [6, 6.07) is 0.229. The molecule has 19 heavy (non-hydrogen) atoms. The molecule has 2 aliphatic rings. The topological polar surface area (TPSA) is 87.7 Å². The molecule has 0 radical (unpaired) electrons. The summed E-state index contributed by atoms with van der Waals surface area (Å²) in [5.74, 6) is 1.25. The van der Waals surface area contributed by atoms with Crippen LogP contribution in [0, 0.1) is 17.3 Å². The Morgan fingerprint density at radius 1 is 1.37 bits per heavy atom. The van der Waals surface area contributed by atoms with Gasteiger partial charge in [0.15, 0.2) is 5.84 Å². The fraction of sp³-hybridized carbons (Fsp3) is 0.857. The third-order valence-corrected chi connectivity index (χ3v) is 4.99. The molecule has 3 atom stereocenters. The molecule has 2 rings (SSSR count). The van der Waals surface area contributed by atoms with Gasteiger partial charge in [0.25, 0.3) is 0 Å². The first-order valence-corrected chi connectivity index (χ1v) is 7.28. The summed E-state index contributed by atoms with van der Waals surface area (Å²) >= 11 is 0. The summed E-state index contributed by atoms with van der Waals surface area (Å²) < 4.78 is 0. The Morgan fingerprint density at radius 2 is 2.05 bits per heavy atom. The van der Waals surface area contributed by atoms with Crippen LogP contribution in [0.4, 0.5) is 0 Å². The number of nitrogens with one attached hydrogen (secondary N) is 1. The van der Waals surface area contributed by atoms with E-state index in [1.165, 1.54) is 0 Å². The highest BCUT2D eigenvalue weighted by molar-refractivity contribution is 6.07. The van der Waals surface area contributed by atoms with Crippen LogP contribution >= 0.6 is 0 Å². The number of nitrogens with two attached hydrogens (primary N) is 1. The number of hydrogen-bond donors (Lipinski definition) is 3. The van der Waals surface area contributed by atoms with Crippen molar-refractivity contribution in [1.82, 2.24) is 5.32 Å². The van der Waals surface area contributed by atoms with Gasteiger partial charge in [-0.25, -0.2) is 0 Å². The fourth-order valence-electron chi connectivity index (χ4n) is 3.41. The molecule has 0 bridgehead atoms. The lowest BCUT2D eigenvalue weighted by Gasteiger charge is -2.41. The number of amides is 1. The van der Waals surface area contributed by atoms with Crippen LogP contribution in [0.1, 0.15) is 52.4 Å². The molecule has 5 nitrogen and oxygen atoms in total. The Labute approximate surface area is 114 Å². The van der Waals surface area contributed by atoms with Crippen LogP contribution in [0.25, 0.3) is 0 Å². The Hall–Kier alpha value is -1.26. The third kappa shape index (κ3) is 2.55. The first kappa shape index (κ1) is 14.2. The molecule has 0 aromatic rings. The SMILES string of the molecule is CC1CCC(NC(=O)C2(C(N)=NO)CCC2)C(C)C1. The van der Waals surface area contributed by atoms with Crippen molar-refractivity contribution in [3.05, 3.63) is 0 Å². The second kappa shape index (κ2) is 5.39. The minimum atomic E-state index is -0.752. The van der Waals surface area contributed by atoms with Gasteiger partial charge < -0.3 is 16.3 Å². The first-order valence-electron chi connectivity index (χ1n) is 7.28. The Morgan fingerprint density at radius 3 is 2.53 bits per heavy atom. The normalized spacial score (nSPS) is 34.4. The van der Waals surface area contributed by atoms with Crippen molar-refractivity contribution in [3.63, 3.8) is 0 Å². The van der Waals surface area contributed by atoms with Crippen molar-refractivity contribution < 1.29 is 10.0 Å². The number of amidine groups is 1. The average molecular weight is 267 g/mol. The predicted molar refractivity (Wildman–Crippen MR) is 73.8 cm³/mol. The Kier molecular flexibility index (Phi) is 4.02. The highest BCUT2D eigenvalue weighted by atomic mass is 16.4. The average Bonchev–Trinajstić information content (AvgIpc) is 2.31. The molecule has 3 unspecified atom stereocenters. The van der Waals surface area contributed by atoms with Gasteiger partial charge in [-0.3, -0.25) is 4.79 Å². The lowest BCUT2D eigenvalue weighted by atomic mass is 9.66. The molecule has 108 valence electrons. The summed E-state index contributed by atoms with van der Waals surface area (Å²) in [6.45, 7) is 4.45. The number of carbonyl (C=O) groups is 1. The molecule has 2 fully saturated rings. The van der Waals surface area contributed by atoms with E-state index in [4.69, 9.17) is 10.9 Å².